The second-order valence-electron chi connectivity index (χ2n) is 4.72. The van der Waals surface area contributed by atoms with Gasteiger partial charge in [0.15, 0.2) is 5.54 Å². The molecule has 98 valence electrons. The maximum atomic E-state index is 9.15. The van der Waals surface area contributed by atoms with Crippen molar-refractivity contribution >= 4 is 0 Å². The first kappa shape index (κ1) is 16.1. The first-order valence-corrected chi connectivity index (χ1v) is 6.40. The predicted octanol–water partition coefficient (Wildman–Crippen LogP) is 3.73. The molecule has 0 amide bonds. The Morgan fingerprint density at radius 2 is 2.06 bits per heavy atom. The summed E-state index contributed by atoms with van der Waals surface area (Å²) in [6.45, 7) is 6.50. The molecule has 0 aromatic carbocycles. The van der Waals surface area contributed by atoms with E-state index < -0.39 is 5.54 Å². The van der Waals surface area contributed by atoms with Gasteiger partial charge < -0.3 is 4.74 Å². The Bertz CT molecular complexity index is 260. The van der Waals surface area contributed by atoms with Crippen LogP contribution in [0.4, 0.5) is 0 Å². The Labute approximate surface area is 105 Å². The van der Waals surface area contributed by atoms with E-state index in [4.69, 9.17) is 10.00 Å². The SMILES string of the molecule is CCCCCCC(C)(C#N)/N=N/C(C)COC. The van der Waals surface area contributed by atoms with E-state index in [0.29, 0.717) is 6.61 Å². The Morgan fingerprint density at radius 1 is 1.35 bits per heavy atom. The Hall–Kier alpha value is -0.950. The van der Waals surface area contributed by atoms with E-state index in [9.17, 15) is 0 Å². The summed E-state index contributed by atoms with van der Waals surface area (Å²) in [5.74, 6) is 0. The van der Waals surface area contributed by atoms with Crippen molar-refractivity contribution in [3.8, 4) is 6.07 Å². The molecule has 2 unspecified atom stereocenters. The van der Waals surface area contributed by atoms with Crippen LogP contribution >= 0.6 is 0 Å². The third-order valence-electron chi connectivity index (χ3n) is 2.64. The summed E-state index contributed by atoms with van der Waals surface area (Å²) in [6, 6.07) is 2.27. The van der Waals surface area contributed by atoms with Crippen molar-refractivity contribution in [2.24, 2.45) is 10.2 Å². The van der Waals surface area contributed by atoms with Crippen molar-refractivity contribution in [1.29, 1.82) is 5.26 Å². The minimum Gasteiger partial charge on any atom is -0.382 e. The van der Waals surface area contributed by atoms with Gasteiger partial charge in [-0.2, -0.15) is 15.5 Å². The normalized spacial score (nSPS) is 16.6. The molecule has 2 atom stereocenters. The molecule has 0 aliphatic heterocycles. The zero-order valence-corrected chi connectivity index (χ0v) is 11.6. The smallest absolute Gasteiger partial charge is 0.164 e. The number of methoxy groups -OCH3 is 1. The molecule has 0 spiro atoms. The Morgan fingerprint density at radius 3 is 2.59 bits per heavy atom. The van der Waals surface area contributed by atoms with Crippen molar-refractivity contribution in [3.05, 3.63) is 0 Å². The fourth-order valence-electron chi connectivity index (χ4n) is 1.52. The van der Waals surface area contributed by atoms with Gasteiger partial charge in [0, 0.05) is 7.11 Å². The van der Waals surface area contributed by atoms with Gasteiger partial charge in [-0.1, -0.05) is 26.2 Å². The molecule has 0 bridgehead atoms. The molecular weight excluding hydrogens is 214 g/mol. The molecule has 0 heterocycles. The third-order valence-corrected chi connectivity index (χ3v) is 2.64. The first-order valence-electron chi connectivity index (χ1n) is 6.40. The van der Waals surface area contributed by atoms with Gasteiger partial charge in [-0.25, -0.2) is 0 Å². The molecule has 0 fully saturated rings. The zero-order chi connectivity index (χ0) is 13.1. The molecule has 0 aliphatic carbocycles. The standard InChI is InChI=1S/C13H25N3O/c1-5-6-7-8-9-13(3,11-14)16-15-12(2)10-17-4/h12H,5-10H2,1-4H3/b16-15+. The van der Waals surface area contributed by atoms with E-state index in [1.165, 1.54) is 12.8 Å². The van der Waals surface area contributed by atoms with Gasteiger partial charge in [0.05, 0.1) is 18.7 Å². The fourth-order valence-corrected chi connectivity index (χ4v) is 1.52. The van der Waals surface area contributed by atoms with Gasteiger partial charge in [0.25, 0.3) is 0 Å². The highest BCUT2D eigenvalue weighted by Crippen LogP contribution is 2.19. The molecule has 4 nitrogen and oxygen atoms in total. The first-order chi connectivity index (χ1) is 8.08. The average molecular weight is 239 g/mol. The van der Waals surface area contributed by atoms with Crippen molar-refractivity contribution in [2.75, 3.05) is 13.7 Å². The lowest BCUT2D eigenvalue weighted by Gasteiger charge is -2.15. The Kier molecular flexibility index (Phi) is 8.61. The number of hydrogen-bond acceptors (Lipinski definition) is 4. The van der Waals surface area contributed by atoms with E-state index in [0.717, 1.165) is 19.3 Å². The minimum atomic E-state index is -0.671. The molecule has 0 aromatic heterocycles. The number of unbranched alkanes of at least 4 members (excludes halogenated alkanes) is 3. The van der Waals surface area contributed by atoms with Crippen LogP contribution in [0.5, 0.6) is 0 Å². The van der Waals surface area contributed by atoms with Crippen LogP contribution in [0.25, 0.3) is 0 Å². The lowest BCUT2D eigenvalue weighted by Crippen LogP contribution is -2.19. The van der Waals surface area contributed by atoms with E-state index >= 15 is 0 Å². The van der Waals surface area contributed by atoms with E-state index in [2.05, 4.69) is 23.2 Å². The Balaban J connectivity index is 4.13. The van der Waals surface area contributed by atoms with E-state index in [1.807, 2.05) is 13.8 Å². The summed E-state index contributed by atoms with van der Waals surface area (Å²) in [4.78, 5) is 0. The summed E-state index contributed by atoms with van der Waals surface area (Å²) >= 11 is 0. The highest BCUT2D eigenvalue weighted by Gasteiger charge is 2.22. The average Bonchev–Trinajstić information content (AvgIpc) is 2.33. The molecule has 0 saturated carbocycles. The van der Waals surface area contributed by atoms with Crippen molar-refractivity contribution in [1.82, 2.24) is 0 Å². The number of nitriles is 1. The number of nitrogens with zero attached hydrogens (tertiary/aromatic N) is 3. The van der Waals surface area contributed by atoms with Crippen LogP contribution in [0.3, 0.4) is 0 Å². The topological polar surface area (TPSA) is 57.7 Å². The van der Waals surface area contributed by atoms with Crippen LogP contribution in [0.1, 0.15) is 52.9 Å². The quantitative estimate of drug-likeness (QED) is 0.454. The highest BCUT2D eigenvalue weighted by molar-refractivity contribution is 5.03. The summed E-state index contributed by atoms with van der Waals surface area (Å²) in [5, 5.41) is 17.5. The zero-order valence-electron chi connectivity index (χ0n) is 11.6. The van der Waals surface area contributed by atoms with E-state index in [1.54, 1.807) is 7.11 Å². The third kappa shape index (κ3) is 7.87. The number of azo groups is 1. The molecule has 4 heteroatoms. The second-order valence-corrected chi connectivity index (χ2v) is 4.72. The van der Waals surface area contributed by atoms with Crippen LogP contribution in [0.15, 0.2) is 10.2 Å². The fraction of sp³-hybridized carbons (Fsp3) is 0.923. The summed E-state index contributed by atoms with van der Waals surface area (Å²) < 4.78 is 4.98. The summed E-state index contributed by atoms with van der Waals surface area (Å²) in [7, 11) is 1.64. The summed E-state index contributed by atoms with van der Waals surface area (Å²) in [6.07, 6.45) is 5.41. The number of hydrogen-bond donors (Lipinski definition) is 0. The van der Waals surface area contributed by atoms with Crippen molar-refractivity contribution in [3.63, 3.8) is 0 Å². The van der Waals surface area contributed by atoms with Gasteiger partial charge in [0.1, 0.15) is 0 Å². The molecule has 0 rings (SSSR count). The predicted molar refractivity (Wildman–Crippen MR) is 69.0 cm³/mol. The van der Waals surface area contributed by atoms with Crippen LogP contribution in [-0.4, -0.2) is 25.3 Å². The summed E-state index contributed by atoms with van der Waals surface area (Å²) in [5.41, 5.74) is -0.671. The van der Waals surface area contributed by atoms with Crippen LogP contribution < -0.4 is 0 Å². The molecule has 0 saturated heterocycles. The lowest BCUT2D eigenvalue weighted by molar-refractivity contribution is 0.182. The van der Waals surface area contributed by atoms with Crippen molar-refractivity contribution in [2.45, 2.75) is 64.5 Å². The van der Waals surface area contributed by atoms with Crippen molar-refractivity contribution < 1.29 is 4.74 Å². The maximum absolute atomic E-state index is 9.15. The maximum Gasteiger partial charge on any atom is 0.164 e. The van der Waals surface area contributed by atoms with Gasteiger partial charge in [-0.3, -0.25) is 0 Å². The molecule has 0 radical (unpaired) electrons. The van der Waals surface area contributed by atoms with Crippen LogP contribution in [0.2, 0.25) is 0 Å². The second kappa shape index (κ2) is 9.12. The number of rotatable bonds is 9. The monoisotopic (exact) mass is 239 g/mol. The molecule has 0 N–H and O–H groups in total. The molecule has 0 aromatic rings. The minimum absolute atomic E-state index is 0.0170. The van der Waals surface area contributed by atoms with Gasteiger partial charge in [-0.05, 0) is 26.7 Å². The van der Waals surface area contributed by atoms with E-state index in [-0.39, 0.29) is 6.04 Å². The van der Waals surface area contributed by atoms with Gasteiger partial charge in [0.2, 0.25) is 0 Å². The van der Waals surface area contributed by atoms with Gasteiger partial charge >= 0.3 is 0 Å². The van der Waals surface area contributed by atoms with Crippen LogP contribution in [0, 0.1) is 11.3 Å². The number of ether oxygens (including phenoxy) is 1. The largest absolute Gasteiger partial charge is 0.382 e. The molecule has 17 heavy (non-hydrogen) atoms. The molecular formula is C13H25N3O. The van der Waals surface area contributed by atoms with Crippen LogP contribution in [-0.2, 0) is 4.74 Å². The lowest BCUT2D eigenvalue weighted by atomic mass is 9.97. The van der Waals surface area contributed by atoms with Gasteiger partial charge in [-0.15, -0.1) is 0 Å². The highest BCUT2D eigenvalue weighted by atomic mass is 16.5. The molecule has 0 aliphatic rings.